The minimum atomic E-state index is -5.59. The van der Waals surface area contributed by atoms with E-state index < -0.39 is 37.6 Å². The molecule has 0 aromatic heterocycles. The Bertz CT molecular complexity index is 1660. The molecule has 0 unspecified atom stereocenters. The van der Waals surface area contributed by atoms with E-state index in [-0.39, 0.29) is 24.4 Å². The number of nitrogens with two attached hydrogens (primary N) is 1. The molecule has 243 valence electrons. The molecule has 0 aliphatic carbocycles. The van der Waals surface area contributed by atoms with Crippen molar-refractivity contribution >= 4 is 20.0 Å². The Morgan fingerprint density at radius 3 is 1.42 bits per heavy atom. The van der Waals surface area contributed by atoms with Gasteiger partial charge in [0.1, 0.15) is 10.0 Å². The van der Waals surface area contributed by atoms with E-state index in [2.05, 4.69) is 49.8 Å². The fourth-order valence-corrected chi connectivity index (χ4v) is 4.87. The Balaban J connectivity index is 0.000000438. The van der Waals surface area contributed by atoms with Gasteiger partial charge in [0.15, 0.2) is 10.0 Å². The number of sulfonamides is 2. The predicted octanol–water partition coefficient (Wildman–Crippen LogP) is 8.50. The summed E-state index contributed by atoms with van der Waals surface area (Å²) in [7, 11) is -9.42. The number of hydrogen-bond acceptors (Lipinski definition) is 5. The molecule has 3 N–H and O–H groups in total. The van der Waals surface area contributed by atoms with Crippen molar-refractivity contribution in [2.45, 2.75) is 56.1 Å². The average Bonchev–Trinajstić information content (AvgIpc) is 2.97. The summed E-state index contributed by atoms with van der Waals surface area (Å²) in [5.74, 6) is 0.653. The maximum absolute atomic E-state index is 12.8. The van der Waals surface area contributed by atoms with Gasteiger partial charge in [0.2, 0.25) is 0 Å². The van der Waals surface area contributed by atoms with E-state index in [9.17, 15) is 30.0 Å². The van der Waals surface area contributed by atoms with Crippen LogP contribution in [0, 0.1) is 13.8 Å². The zero-order chi connectivity index (χ0) is 33.1. The monoisotopic (exact) mass is 749 g/mol. The molecule has 4 rings (SSSR count). The summed E-state index contributed by atoms with van der Waals surface area (Å²) in [6.45, 7) is 8.45. The van der Waals surface area contributed by atoms with Crippen LogP contribution in [0.2, 0.25) is 0 Å². The third kappa shape index (κ3) is 13.1. The standard InChI is InChI=1S/C21H21N2O2S.C10H14.CHF3NO2S.Ru/c1-16-12-14-19(15-13-16)26(24,25)23-21(18-10-6-3-7-11-18)20(22)17-8-4-2-5-9-17;1-8(2)10-6-4-9(3)5-7-10;2-1(3,4)8(5,6)7;/h2-15,20-21H,22H2,1H3;4-8H,1-3H3;(H-,5,6,7);/q-1;;-1;+3/t20-,21-;;;/m1.../s1. The summed E-state index contributed by atoms with van der Waals surface area (Å²) in [5.41, 5.74) is 6.35. The zero-order valence-electron chi connectivity index (χ0n) is 25.1. The Hall–Kier alpha value is -2.93. The van der Waals surface area contributed by atoms with Gasteiger partial charge in [0.25, 0.3) is 0 Å². The summed E-state index contributed by atoms with van der Waals surface area (Å²) >= 11 is 0. The van der Waals surface area contributed by atoms with E-state index in [0.29, 0.717) is 5.92 Å². The molecule has 0 heterocycles. The topological polar surface area (TPSA) is 132 Å². The first kappa shape index (κ1) is 40.1. The van der Waals surface area contributed by atoms with Crippen LogP contribution in [-0.2, 0) is 39.5 Å². The van der Waals surface area contributed by atoms with Crippen LogP contribution in [-0.4, -0.2) is 22.3 Å². The number of nitrogens with one attached hydrogen (secondary N) is 1. The fourth-order valence-electron chi connectivity index (χ4n) is 3.71. The Morgan fingerprint density at radius 1 is 0.667 bits per heavy atom. The maximum Gasteiger partial charge on any atom is 3.00 e. The van der Waals surface area contributed by atoms with Gasteiger partial charge in [-0.05, 0) is 43.0 Å². The molecular weight excluding hydrogens is 713 g/mol. The van der Waals surface area contributed by atoms with Crippen LogP contribution in [0.4, 0.5) is 13.2 Å². The van der Waals surface area contributed by atoms with Gasteiger partial charge in [0, 0.05) is 10.9 Å². The molecule has 2 atom stereocenters. The normalized spacial score (nSPS) is 12.8. The fraction of sp³-hybridized carbons (Fsp3) is 0.250. The smallest absolute Gasteiger partial charge is 0.556 e. The van der Waals surface area contributed by atoms with Gasteiger partial charge < -0.3 is 15.6 Å². The summed E-state index contributed by atoms with van der Waals surface area (Å²) in [6, 6.07) is 32.8. The Morgan fingerprint density at radius 2 is 1.04 bits per heavy atom. The van der Waals surface area contributed by atoms with Gasteiger partial charge in [-0.25, -0.2) is 16.8 Å². The van der Waals surface area contributed by atoms with Gasteiger partial charge in [-0.15, -0.1) is 0 Å². The number of nitrogens with zero attached hydrogens (tertiary/aromatic N) is 1. The molecule has 0 spiro atoms. The molecule has 0 aliphatic heterocycles. The first-order valence-electron chi connectivity index (χ1n) is 13.4. The molecule has 4 aromatic rings. The first-order chi connectivity index (χ1) is 20.4. The SMILES string of the molecule is Cc1ccc(C(C)C)cc1.Cc1ccc(S(=O)(=O)[N-][C@H](c2ccccc2)[C@H](N)c2ccccc2)cc1.[NH-]S(=O)(=O)C(F)(F)F.[Ru+3]. The van der Waals surface area contributed by atoms with Crippen molar-refractivity contribution in [3.63, 3.8) is 0 Å². The average molecular weight is 749 g/mol. The van der Waals surface area contributed by atoms with Crippen LogP contribution in [0.3, 0.4) is 0 Å². The van der Waals surface area contributed by atoms with Crippen LogP contribution in [0.25, 0.3) is 9.86 Å². The number of hydrogen-bond donors (Lipinski definition) is 1. The van der Waals surface area contributed by atoms with Crippen molar-refractivity contribution in [2.24, 2.45) is 5.73 Å². The third-order valence-corrected chi connectivity index (χ3v) is 8.27. The van der Waals surface area contributed by atoms with Crippen molar-refractivity contribution in [3.8, 4) is 0 Å². The second-order valence-corrected chi connectivity index (χ2v) is 13.3. The molecule has 0 amide bonds. The third-order valence-electron chi connectivity index (χ3n) is 6.29. The molecule has 45 heavy (non-hydrogen) atoms. The van der Waals surface area contributed by atoms with E-state index in [4.69, 9.17) is 10.9 Å². The molecule has 4 aromatic carbocycles. The maximum atomic E-state index is 12.8. The van der Waals surface area contributed by atoms with Gasteiger partial charge in [-0.1, -0.05) is 134 Å². The van der Waals surface area contributed by atoms with Crippen molar-refractivity contribution in [1.82, 2.24) is 0 Å². The minimum Gasteiger partial charge on any atom is -0.556 e. The van der Waals surface area contributed by atoms with Crippen molar-refractivity contribution in [3.05, 3.63) is 147 Å². The number of aryl methyl sites for hydroxylation is 2. The van der Waals surface area contributed by atoms with Crippen molar-refractivity contribution in [1.29, 1.82) is 0 Å². The molecular formula is C32H36F3N3O4RuS2+. The van der Waals surface area contributed by atoms with Crippen LogP contribution in [0.5, 0.6) is 0 Å². The van der Waals surface area contributed by atoms with Crippen LogP contribution < -0.4 is 5.73 Å². The summed E-state index contributed by atoms with van der Waals surface area (Å²) in [4.78, 5) is 0.171. The van der Waals surface area contributed by atoms with E-state index in [0.717, 1.165) is 16.7 Å². The second kappa shape index (κ2) is 17.7. The number of halogens is 3. The summed E-state index contributed by atoms with van der Waals surface area (Å²) in [5, 5.41) is 5.43. The zero-order valence-corrected chi connectivity index (χ0v) is 28.5. The number of rotatable bonds is 7. The quantitative estimate of drug-likeness (QED) is 0.189. The molecule has 0 saturated carbocycles. The molecule has 0 fully saturated rings. The van der Waals surface area contributed by atoms with Crippen molar-refractivity contribution in [2.75, 3.05) is 0 Å². The largest absolute Gasteiger partial charge is 3.00 e. The predicted molar refractivity (Wildman–Crippen MR) is 169 cm³/mol. The van der Waals surface area contributed by atoms with Crippen LogP contribution >= 0.6 is 0 Å². The molecule has 7 nitrogen and oxygen atoms in total. The van der Waals surface area contributed by atoms with Crippen LogP contribution in [0.1, 0.15) is 59.7 Å². The number of alkyl halides is 3. The molecule has 0 saturated heterocycles. The second-order valence-electron chi connectivity index (χ2n) is 10.2. The molecule has 13 heteroatoms. The van der Waals surface area contributed by atoms with Gasteiger partial charge in [-0.2, -0.15) is 13.2 Å². The van der Waals surface area contributed by atoms with E-state index >= 15 is 0 Å². The summed E-state index contributed by atoms with van der Waals surface area (Å²) in [6.07, 6.45) is 0. The van der Waals surface area contributed by atoms with Crippen LogP contribution in [0.15, 0.2) is 114 Å². The number of benzene rings is 4. The van der Waals surface area contributed by atoms with E-state index in [1.807, 2.05) is 67.6 Å². The first-order valence-corrected chi connectivity index (χ1v) is 16.4. The summed E-state index contributed by atoms with van der Waals surface area (Å²) < 4.78 is 80.6. The van der Waals surface area contributed by atoms with E-state index in [1.54, 1.807) is 24.3 Å². The van der Waals surface area contributed by atoms with Gasteiger partial charge >= 0.3 is 25.0 Å². The minimum absolute atomic E-state index is 0. The van der Waals surface area contributed by atoms with E-state index in [1.165, 1.54) is 11.1 Å². The van der Waals surface area contributed by atoms with Gasteiger partial charge in [-0.3, -0.25) is 0 Å². The molecule has 1 radical (unpaired) electrons. The Kier molecular flexibility index (Phi) is 15.8. The Labute approximate surface area is 277 Å². The molecule has 0 aliphatic rings. The van der Waals surface area contributed by atoms with Gasteiger partial charge in [0.05, 0.1) is 0 Å². The molecule has 0 bridgehead atoms. The van der Waals surface area contributed by atoms with Crippen molar-refractivity contribution < 1.29 is 49.5 Å².